The summed E-state index contributed by atoms with van der Waals surface area (Å²) in [5.74, 6) is 0.828. The highest BCUT2D eigenvalue weighted by Gasteiger charge is 2.12. The van der Waals surface area contributed by atoms with Gasteiger partial charge in [0.25, 0.3) is 0 Å². The highest BCUT2D eigenvalue weighted by Crippen LogP contribution is 2.15. The van der Waals surface area contributed by atoms with Crippen LogP contribution in [-0.2, 0) is 6.54 Å². The largest absolute Gasteiger partial charge is 0.435 e. The number of aliphatic imine (C=N–C) groups is 1. The molecule has 0 unspecified atom stereocenters. The highest BCUT2D eigenvalue weighted by atomic mass is 19.3. The molecule has 0 aliphatic heterocycles. The normalized spacial score (nSPS) is 12.4. The van der Waals surface area contributed by atoms with Crippen LogP contribution in [0.3, 0.4) is 0 Å². The van der Waals surface area contributed by atoms with Crippen molar-refractivity contribution in [3.05, 3.63) is 29.8 Å². The van der Waals surface area contributed by atoms with Gasteiger partial charge in [-0.25, -0.2) is 0 Å². The van der Waals surface area contributed by atoms with E-state index in [0.717, 1.165) is 18.7 Å². The number of guanidine groups is 1. The first kappa shape index (κ1) is 21.2. The molecule has 0 radical (unpaired) electrons. The maximum atomic E-state index is 12.3. The lowest BCUT2D eigenvalue weighted by atomic mass is 10.2. The van der Waals surface area contributed by atoms with Crippen molar-refractivity contribution in [1.82, 2.24) is 15.5 Å². The van der Waals surface area contributed by atoms with Gasteiger partial charge in [-0.2, -0.15) is 8.78 Å². The van der Waals surface area contributed by atoms with Crippen molar-refractivity contribution in [2.45, 2.75) is 52.9 Å². The van der Waals surface area contributed by atoms with Crippen LogP contribution >= 0.6 is 0 Å². The molecule has 0 heterocycles. The van der Waals surface area contributed by atoms with E-state index in [0.29, 0.717) is 24.6 Å². The van der Waals surface area contributed by atoms with Crippen LogP contribution in [0.4, 0.5) is 8.78 Å². The molecule has 0 saturated heterocycles. The Hall–Kier alpha value is -1.89. The van der Waals surface area contributed by atoms with Gasteiger partial charge in [0, 0.05) is 38.8 Å². The van der Waals surface area contributed by atoms with Crippen LogP contribution < -0.4 is 15.4 Å². The molecule has 0 atom stereocenters. The first-order chi connectivity index (χ1) is 11.8. The van der Waals surface area contributed by atoms with Gasteiger partial charge in [0.05, 0.1) is 0 Å². The average molecular weight is 356 g/mol. The molecular formula is C18H30F2N4O. The standard InChI is InChI=1S/C18H30F2N4O/c1-13(2)24(14(3)4)10-9-22-18(21-5)23-12-15-7-6-8-16(11-15)25-17(19)20/h6-8,11,13-14,17H,9-10,12H2,1-5H3,(H2,21,22,23). The number of nitrogens with zero attached hydrogens (tertiary/aromatic N) is 2. The molecule has 0 bridgehead atoms. The molecule has 0 aliphatic rings. The number of nitrogens with one attached hydrogen (secondary N) is 2. The Morgan fingerprint density at radius 1 is 1.16 bits per heavy atom. The lowest BCUT2D eigenvalue weighted by Gasteiger charge is -2.30. The minimum Gasteiger partial charge on any atom is -0.435 e. The van der Waals surface area contributed by atoms with E-state index in [4.69, 9.17) is 0 Å². The summed E-state index contributed by atoms with van der Waals surface area (Å²) in [6.07, 6.45) is 0. The van der Waals surface area contributed by atoms with Gasteiger partial charge < -0.3 is 15.4 Å². The van der Waals surface area contributed by atoms with E-state index in [1.165, 1.54) is 6.07 Å². The van der Waals surface area contributed by atoms with Crippen LogP contribution in [0, 0.1) is 0 Å². The quantitative estimate of drug-likeness (QED) is 0.527. The lowest BCUT2D eigenvalue weighted by molar-refractivity contribution is -0.0498. The highest BCUT2D eigenvalue weighted by molar-refractivity contribution is 5.79. The zero-order valence-corrected chi connectivity index (χ0v) is 15.7. The Balaban J connectivity index is 2.47. The molecule has 0 spiro atoms. The summed E-state index contributed by atoms with van der Waals surface area (Å²) in [5.41, 5.74) is 0.840. The van der Waals surface area contributed by atoms with Gasteiger partial charge in [0.15, 0.2) is 5.96 Å². The van der Waals surface area contributed by atoms with Crippen LogP contribution in [0.5, 0.6) is 5.75 Å². The molecule has 0 aromatic heterocycles. The fraction of sp³-hybridized carbons (Fsp3) is 0.611. The Morgan fingerprint density at radius 3 is 2.40 bits per heavy atom. The number of ether oxygens (including phenoxy) is 1. The molecule has 1 aromatic rings. The molecule has 0 saturated carbocycles. The van der Waals surface area contributed by atoms with Crippen LogP contribution in [0.25, 0.3) is 0 Å². The summed E-state index contributed by atoms with van der Waals surface area (Å²) in [4.78, 5) is 6.58. The second-order valence-electron chi connectivity index (χ2n) is 6.30. The van der Waals surface area contributed by atoms with E-state index in [2.05, 4.69) is 53.0 Å². The summed E-state index contributed by atoms with van der Waals surface area (Å²) in [6, 6.07) is 7.59. The molecule has 0 fully saturated rings. The van der Waals surface area contributed by atoms with Gasteiger partial charge in [-0.05, 0) is 45.4 Å². The van der Waals surface area contributed by atoms with Crippen LogP contribution in [-0.4, -0.2) is 49.7 Å². The van der Waals surface area contributed by atoms with Crippen molar-refractivity contribution in [2.75, 3.05) is 20.1 Å². The maximum absolute atomic E-state index is 12.3. The first-order valence-corrected chi connectivity index (χ1v) is 8.57. The van der Waals surface area contributed by atoms with Gasteiger partial charge in [-0.1, -0.05) is 12.1 Å². The third-order valence-electron chi connectivity index (χ3n) is 3.80. The van der Waals surface area contributed by atoms with Gasteiger partial charge in [0.2, 0.25) is 0 Å². The smallest absolute Gasteiger partial charge is 0.387 e. The van der Waals surface area contributed by atoms with Crippen LogP contribution in [0.15, 0.2) is 29.3 Å². The summed E-state index contributed by atoms with van der Waals surface area (Å²) in [5, 5.41) is 6.45. The number of benzene rings is 1. The zero-order valence-electron chi connectivity index (χ0n) is 15.7. The Morgan fingerprint density at radius 2 is 1.84 bits per heavy atom. The van der Waals surface area contributed by atoms with Gasteiger partial charge in [-0.3, -0.25) is 9.89 Å². The molecular weight excluding hydrogens is 326 g/mol. The van der Waals surface area contributed by atoms with Crippen LogP contribution in [0.1, 0.15) is 33.3 Å². The number of halogens is 2. The number of alkyl halides is 2. The van der Waals surface area contributed by atoms with Gasteiger partial charge in [0.1, 0.15) is 5.75 Å². The summed E-state index contributed by atoms with van der Waals surface area (Å²) in [7, 11) is 1.70. The average Bonchev–Trinajstić information content (AvgIpc) is 2.53. The molecule has 0 aliphatic carbocycles. The SMILES string of the molecule is CN=C(NCCN(C(C)C)C(C)C)NCc1cccc(OC(F)F)c1. The molecule has 2 N–H and O–H groups in total. The molecule has 1 rings (SSSR count). The monoisotopic (exact) mass is 356 g/mol. The lowest BCUT2D eigenvalue weighted by Crippen LogP contribution is -2.45. The van der Waals surface area contributed by atoms with Gasteiger partial charge >= 0.3 is 6.61 Å². The molecule has 5 nitrogen and oxygen atoms in total. The first-order valence-electron chi connectivity index (χ1n) is 8.57. The minimum absolute atomic E-state index is 0.154. The number of hydrogen-bond donors (Lipinski definition) is 2. The fourth-order valence-corrected chi connectivity index (χ4v) is 2.65. The van der Waals surface area contributed by atoms with Crippen LogP contribution in [0.2, 0.25) is 0 Å². The summed E-state index contributed by atoms with van der Waals surface area (Å²) >= 11 is 0. The van der Waals surface area contributed by atoms with E-state index in [9.17, 15) is 8.78 Å². The van der Waals surface area contributed by atoms with E-state index in [1.807, 2.05) is 6.07 Å². The van der Waals surface area contributed by atoms with Crippen molar-refractivity contribution in [2.24, 2.45) is 4.99 Å². The fourth-order valence-electron chi connectivity index (χ4n) is 2.65. The van der Waals surface area contributed by atoms with E-state index < -0.39 is 6.61 Å². The summed E-state index contributed by atoms with van der Waals surface area (Å²) in [6.45, 7) is 8.06. The Kier molecular flexibility index (Phi) is 9.20. The predicted octanol–water partition coefficient (Wildman–Crippen LogP) is 3.07. The maximum Gasteiger partial charge on any atom is 0.387 e. The summed E-state index contributed by atoms with van der Waals surface area (Å²) < 4.78 is 28.9. The van der Waals surface area contributed by atoms with Crippen molar-refractivity contribution in [1.29, 1.82) is 0 Å². The minimum atomic E-state index is -2.82. The number of hydrogen-bond acceptors (Lipinski definition) is 3. The molecule has 1 aromatic carbocycles. The molecule has 25 heavy (non-hydrogen) atoms. The topological polar surface area (TPSA) is 48.9 Å². The van der Waals surface area contributed by atoms with E-state index in [-0.39, 0.29) is 5.75 Å². The van der Waals surface area contributed by atoms with Crippen molar-refractivity contribution >= 4 is 5.96 Å². The van der Waals surface area contributed by atoms with Crippen molar-refractivity contribution < 1.29 is 13.5 Å². The van der Waals surface area contributed by atoms with Crippen molar-refractivity contribution in [3.63, 3.8) is 0 Å². The molecule has 0 amide bonds. The Bertz CT molecular complexity index is 528. The molecule has 142 valence electrons. The Labute approximate surface area is 149 Å². The van der Waals surface area contributed by atoms with E-state index >= 15 is 0 Å². The third-order valence-corrected chi connectivity index (χ3v) is 3.80. The van der Waals surface area contributed by atoms with Gasteiger partial charge in [-0.15, -0.1) is 0 Å². The number of rotatable bonds is 9. The molecule has 7 heteroatoms. The zero-order chi connectivity index (χ0) is 18.8. The van der Waals surface area contributed by atoms with Crippen molar-refractivity contribution in [3.8, 4) is 5.75 Å². The predicted molar refractivity (Wildman–Crippen MR) is 98.3 cm³/mol. The second kappa shape index (κ2) is 10.9. The van der Waals surface area contributed by atoms with E-state index in [1.54, 1.807) is 19.2 Å². The third kappa shape index (κ3) is 8.16. The second-order valence-corrected chi connectivity index (χ2v) is 6.30.